The van der Waals surface area contributed by atoms with Gasteiger partial charge in [0.25, 0.3) is 0 Å². The second-order valence-corrected chi connectivity index (χ2v) is 7.00. The van der Waals surface area contributed by atoms with E-state index in [0.29, 0.717) is 6.04 Å². The molecule has 0 amide bonds. The van der Waals surface area contributed by atoms with E-state index in [0.717, 1.165) is 55.8 Å². The van der Waals surface area contributed by atoms with Gasteiger partial charge in [0.1, 0.15) is 18.0 Å². The molecular weight excluding hydrogens is 314 g/mol. The highest BCUT2D eigenvalue weighted by molar-refractivity contribution is 5.49. The molecule has 0 aromatic carbocycles. The standard InChI is InChI=1S/C18H25N7/c1-24(17-3-2-8-22-23-17)15-6-9-25(10-7-15)18-11-16(20-13-21-18)19-12-14-4-5-14/h2-3,8,11,13-15H,4-7,9-10,12H2,1H3,(H,19,20,21). The lowest BCUT2D eigenvalue weighted by molar-refractivity contribution is 0.477. The van der Waals surface area contributed by atoms with Gasteiger partial charge in [0.05, 0.1) is 0 Å². The third-order valence-electron chi connectivity index (χ3n) is 5.18. The first-order valence-corrected chi connectivity index (χ1v) is 9.11. The van der Waals surface area contributed by atoms with E-state index in [1.807, 2.05) is 12.1 Å². The van der Waals surface area contributed by atoms with Crippen LogP contribution >= 0.6 is 0 Å². The molecule has 132 valence electrons. The van der Waals surface area contributed by atoms with Crippen LogP contribution in [0.3, 0.4) is 0 Å². The normalized spacial score (nSPS) is 18.2. The maximum Gasteiger partial charge on any atom is 0.151 e. The summed E-state index contributed by atoms with van der Waals surface area (Å²) < 4.78 is 0. The zero-order valence-electron chi connectivity index (χ0n) is 14.7. The van der Waals surface area contributed by atoms with Crippen LogP contribution < -0.4 is 15.1 Å². The predicted molar refractivity (Wildman–Crippen MR) is 98.9 cm³/mol. The molecular formula is C18H25N7. The molecule has 1 N–H and O–H groups in total. The summed E-state index contributed by atoms with van der Waals surface area (Å²) in [6.07, 6.45) is 8.24. The van der Waals surface area contributed by atoms with Crippen LogP contribution in [0.2, 0.25) is 0 Å². The Hall–Kier alpha value is -2.44. The van der Waals surface area contributed by atoms with E-state index in [1.165, 1.54) is 12.8 Å². The molecule has 25 heavy (non-hydrogen) atoms. The third kappa shape index (κ3) is 3.97. The molecule has 2 aliphatic rings. The molecule has 1 aliphatic carbocycles. The van der Waals surface area contributed by atoms with Gasteiger partial charge in [-0.15, -0.1) is 5.10 Å². The Balaban J connectivity index is 1.34. The van der Waals surface area contributed by atoms with Crippen molar-refractivity contribution in [3.63, 3.8) is 0 Å². The topological polar surface area (TPSA) is 70.1 Å². The monoisotopic (exact) mass is 339 g/mol. The first-order valence-electron chi connectivity index (χ1n) is 9.11. The van der Waals surface area contributed by atoms with E-state index in [4.69, 9.17) is 0 Å². The third-order valence-corrected chi connectivity index (χ3v) is 5.18. The fourth-order valence-electron chi connectivity index (χ4n) is 3.34. The quantitative estimate of drug-likeness (QED) is 0.865. The molecule has 2 aromatic heterocycles. The Morgan fingerprint density at radius 1 is 1.20 bits per heavy atom. The average molecular weight is 339 g/mol. The summed E-state index contributed by atoms with van der Waals surface area (Å²) in [6.45, 7) is 3.02. The lowest BCUT2D eigenvalue weighted by Gasteiger charge is -2.37. The number of nitrogens with one attached hydrogen (secondary N) is 1. The van der Waals surface area contributed by atoms with Crippen molar-refractivity contribution in [2.24, 2.45) is 5.92 Å². The molecule has 0 radical (unpaired) electrons. The van der Waals surface area contributed by atoms with Crippen LogP contribution in [0.1, 0.15) is 25.7 Å². The Kier molecular flexibility index (Phi) is 4.63. The first-order chi connectivity index (χ1) is 12.3. The van der Waals surface area contributed by atoms with E-state index in [2.05, 4.69) is 48.4 Å². The van der Waals surface area contributed by atoms with Crippen LogP contribution in [0, 0.1) is 5.92 Å². The highest BCUT2D eigenvalue weighted by Gasteiger charge is 2.25. The van der Waals surface area contributed by atoms with E-state index in [1.54, 1.807) is 12.5 Å². The highest BCUT2D eigenvalue weighted by atomic mass is 15.3. The molecule has 1 aliphatic heterocycles. The van der Waals surface area contributed by atoms with Crippen molar-refractivity contribution in [1.82, 2.24) is 20.2 Å². The van der Waals surface area contributed by atoms with Crippen molar-refractivity contribution in [3.05, 3.63) is 30.7 Å². The minimum Gasteiger partial charge on any atom is -0.370 e. The maximum atomic E-state index is 4.47. The van der Waals surface area contributed by atoms with Crippen LogP contribution in [0.25, 0.3) is 0 Å². The number of piperidine rings is 1. The van der Waals surface area contributed by atoms with E-state index < -0.39 is 0 Å². The lowest BCUT2D eigenvalue weighted by atomic mass is 10.0. The van der Waals surface area contributed by atoms with Gasteiger partial charge in [-0.3, -0.25) is 0 Å². The summed E-state index contributed by atoms with van der Waals surface area (Å²) in [4.78, 5) is 13.4. The number of rotatable bonds is 6. The van der Waals surface area contributed by atoms with Gasteiger partial charge >= 0.3 is 0 Å². The van der Waals surface area contributed by atoms with Crippen LogP contribution in [0.5, 0.6) is 0 Å². The molecule has 3 heterocycles. The van der Waals surface area contributed by atoms with E-state index in [9.17, 15) is 0 Å². The largest absolute Gasteiger partial charge is 0.370 e. The fraction of sp³-hybridized carbons (Fsp3) is 0.556. The second-order valence-electron chi connectivity index (χ2n) is 7.00. The molecule has 0 atom stereocenters. The van der Waals surface area contributed by atoms with Crippen LogP contribution in [-0.4, -0.2) is 52.9 Å². The maximum absolute atomic E-state index is 4.47. The average Bonchev–Trinajstić information content (AvgIpc) is 3.51. The van der Waals surface area contributed by atoms with Gasteiger partial charge in [-0.2, -0.15) is 5.10 Å². The van der Waals surface area contributed by atoms with Crippen molar-refractivity contribution in [2.75, 3.05) is 41.8 Å². The van der Waals surface area contributed by atoms with Crippen LogP contribution in [0.4, 0.5) is 17.5 Å². The summed E-state index contributed by atoms with van der Waals surface area (Å²) in [5, 5.41) is 11.6. The van der Waals surface area contributed by atoms with Gasteiger partial charge in [-0.25, -0.2) is 9.97 Å². The first kappa shape index (κ1) is 16.1. The van der Waals surface area contributed by atoms with Crippen molar-refractivity contribution < 1.29 is 0 Å². The Morgan fingerprint density at radius 2 is 2.04 bits per heavy atom. The van der Waals surface area contributed by atoms with Crippen molar-refractivity contribution >= 4 is 17.5 Å². The van der Waals surface area contributed by atoms with Gasteiger partial charge in [-0.1, -0.05) is 0 Å². The second kappa shape index (κ2) is 7.21. The molecule has 7 nitrogen and oxygen atoms in total. The van der Waals surface area contributed by atoms with Gasteiger partial charge in [-0.05, 0) is 43.7 Å². The minimum absolute atomic E-state index is 0.488. The van der Waals surface area contributed by atoms with Gasteiger partial charge in [0.2, 0.25) is 0 Å². The molecule has 1 saturated heterocycles. The minimum atomic E-state index is 0.488. The molecule has 0 bridgehead atoms. The fourth-order valence-corrected chi connectivity index (χ4v) is 3.34. The zero-order valence-corrected chi connectivity index (χ0v) is 14.7. The predicted octanol–water partition coefficient (Wildman–Crippen LogP) is 2.19. The number of nitrogens with zero attached hydrogens (tertiary/aromatic N) is 6. The SMILES string of the molecule is CN(c1cccnn1)C1CCN(c2cc(NCC3CC3)ncn2)CC1. The Morgan fingerprint density at radius 3 is 2.76 bits per heavy atom. The Bertz CT molecular complexity index is 681. The molecule has 0 unspecified atom stereocenters. The van der Waals surface area contributed by atoms with Gasteiger partial charge in [0, 0.05) is 45.0 Å². The van der Waals surface area contributed by atoms with Crippen molar-refractivity contribution in [2.45, 2.75) is 31.7 Å². The summed E-state index contributed by atoms with van der Waals surface area (Å²) in [5.41, 5.74) is 0. The van der Waals surface area contributed by atoms with Crippen LogP contribution in [-0.2, 0) is 0 Å². The molecule has 2 aromatic rings. The van der Waals surface area contributed by atoms with E-state index >= 15 is 0 Å². The summed E-state index contributed by atoms with van der Waals surface area (Å²) in [7, 11) is 2.11. The summed E-state index contributed by atoms with van der Waals surface area (Å²) >= 11 is 0. The van der Waals surface area contributed by atoms with Crippen LogP contribution in [0.15, 0.2) is 30.7 Å². The lowest BCUT2D eigenvalue weighted by Crippen LogP contribution is -2.44. The Labute approximate surface area is 148 Å². The molecule has 1 saturated carbocycles. The number of aromatic nitrogens is 4. The molecule has 0 spiro atoms. The molecule has 4 rings (SSSR count). The molecule has 2 fully saturated rings. The number of hydrogen-bond donors (Lipinski definition) is 1. The smallest absolute Gasteiger partial charge is 0.151 e. The van der Waals surface area contributed by atoms with Crippen molar-refractivity contribution in [1.29, 1.82) is 0 Å². The summed E-state index contributed by atoms with van der Waals surface area (Å²) in [5.74, 6) is 3.74. The highest BCUT2D eigenvalue weighted by Crippen LogP contribution is 2.29. The summed E-state index contributed by atoms with van der Waals surface area (Å²) in [6, 6.07) is 6.52. The zero-order chi connectivity index (χ0) is 17.1. The van der Waals surface area contributed by atoms with Gasteiger partial charge in [0.15, 0.2) is 5.82 Å². The van der Waals surface area contributed by atoms with Gasteiger partial charge < -0.3 is 15.1 Å². The van der Waals surface area contributed by atoms with Crippen molar-refractivity contribution in [3.8, 4) is 0 Å². The number of anilines is 3. The molecule has 7 heteroatoms. The number of hydrogen-bond acceptors (Lipinski definition) is 7. The van der Waals surface area contributed by atoms with E-state index in [-0.39, 0.29) is 0 Å².